The first kappa shape index (κ1) is 15.2. The van der Waals surface area contributed by atoms with Crippen molar-refractivity contribution in [3.8, 4) is 28.6 Å². The Labute approximate surface area is 126 Å². The van der Waals surface area contributed by atoms with Crippen molar-refractivity contribution >= 4 is 17.7 Å². The first-order valence-corrected chi connectivity index (χ1v) is 7.22. The highest BCUT2D eigenvalue weighted by Gasteiger charge is 2.19. The van der Waals surface area contributed by atoms with Crippen LogP contribution >= 0.6 is 11.8 Å². The minimum absolute atomic E-state index is 0.154. The van der Waals surface area contributed by atoms with Gasteiger partial charge in [0.25, 0.3) is 0 Å². The number of ether oxygens (including phenoxy) is 3. The summed E-state index contributed by atoms with van der Waals surface area (Å²) in [5.74, 6) is 2.09. The molecule has 0 aliphatic heterocycles. The zero-order chi connectivity index (χ0) is 15.4. The lowest BCUT2D eigenvalue weighted by Gasteiger charge is -2.15. The van der Waals surface area contributed by atoms with Crippen molar-refractivity contribution in [3.05, 3.63) is 12.1 Å². The number of benzene rings is 1. The maximum atomic E-state index is 5.72. The van der Waals surface area contributed by atoms with E-state index in [1.165, 1.54) is 11.8 Å². The largest absolute Gasteiger partial charge is 0.493 e. The molecule has 112 valence electrons. The lowest BCUT2D eigenvalue weighted by Crippen LogP contribution is -2.03. The number of anilines is 1. The maximum Gasteiger partial charge on any atom is 0.224 e. The average molecular weight is 308 g/mol. The van der Waals surface area contributed by atoms with Crippen molar-refractivity contribution in [3.63, 3.8) is 0 Å². The number of rotatable bonds is 5. The van der Waals surface area contributed by atoms with Crippen LogP contribution in [0, 0.1) is 0 Å². The zero-order valence-corrected chi connectivity index (χ0v) is 13.0. The van der Waals surface area contributed by atoms with Gasteiger partial charge < -0.3 is 19.9 Å². The third-order valence-electron chi connectivity index (χ3n) is 2.76. The molecule has 1 aromatic heterocycles. The third kappa shape index (κ3) is 2.94. The lowest BCUT2D eigenvalue weighted by molar-refractivity contribution is 0.325. The zero-order valence-electron chi connectivity index (χ0n) is 12.2. The van der Waals surface area contributed by atoms with E-state index in [1.807, 2.05) is 6.26 Å². The number of hydrogen-bond donors (Lipinski definition) is 1. The Hall–Kier alpha value is -2.22. The molecule has 0 fully saturated rings. The van der Waals surface area contributed by atoms with Crippen LogP contribution in [-0.4, -0.2) is 42.5 Å². The second-order valence-electron chi connectivity index (χ2n) is 3.89. The van der Waals surface area contributed by atoms with E-state index in [0.29, 0.717) is 33.8 Å². The summed E-state index contributed by atoms with van der Waals surface area (Å²) in [5, 5.41) is 0.536. The standard InChI is InChI=1S/C13H16N4O3S/c1-18-8-6-5-7(9(19-2)10(8)20-3)11-15-12(14)17-13(16-11)21-4/h5-6H,1-4H3,(H2,14,15,16,17). The molecule has 2 rings (SSSR count). The molecule has 0 unspecified atom stereocenters. The van der Waals surface area contributed by atoms with Gasteiger partial charge in [0.2, 0.25) is 11.7 Å². The summed E-state index contributed by atoms with van der Waals surface area (Å²) in [6, 6.07) is 3.55. The van der Waals surface area contributed by atoms with Gasteiger partial charge in [0.1, 0.15) is 0 Å². The van der Waals surface area contributed by atoms with E-state index < -0.39 is 0 Å². The van der Waals surface area contributed by atoms with Crippen molar-refractivity contribution < 1.29 is 14.2 Å². The van der Waals surface area contributed by atoms with Gasteiger partial charge in [-0.25, -0.2) is 4.98 Å². The fourth-order valence-electron chi connectivity index (χ4n) is 1.86. The number of nitrogens with two attached hydrogens (primary N) is 1. The molecule has 0 radical (unpaired) electrons. The van der Waals surface area contributed by atoms with Crippen LogP contribution < -0.4 is 19.9 Å². The first-order chi connectivity index (χ1) is 10.1. The molecule has 7 nitrogen and oxygen atoms in total. The van der Waals surface area contributed by atoms with Gasteiger partial charge in [-0.15, -0.1) is 0 Å². The summed E-state index contributed by atoms with van der Waals surface area (Å²) in [4.78, 5) is 12.5. The summed E-state index contributed by atoms with van der Waals surface area (Å²) in [6.07, 6.45) is 1.87. The number of methoxy groups -OCH3 is 3. The molecule has 1 aromatic carbocycles. The van der Waals surface area contributed by atoms with Gasteiger partial charge in [-0.3, -0.25) is 0 Å². The highest BCUT2D eigenvalue weighted by molar-refractivity contribution is 7.98. The van der Waals surface area contributed by atoms with E-state index in [9.17, 15) is 0 Å². The van der Waals surface area contributed by atoms with Crippen molar-refractivity contribution in [1.29, 1.82) is 0 Å². The summed E-state index contributed by atoms with van der Waals surface area (Å²) in [7, 11) is 4.64. The minimum Gasteiger partial charge on any atom is -0.493 e. The molecule has 0 spiro atoms. The van der Waals surface area contributed by atoms with Crippen LogP contribution in [0.4, 0.5) is 5.95 Å². The van der Waals surface area contributed by atoms with Crippen LogP contribution in [-0.2, 0) is 0 Å². The molecule has 2 aromatic rings. The molecule has 2 N–H and O–H groups in total. The first-order valence-electron chi connectivity index (χ1n) is 5.99. The Morgan fingerprint density at radius 1 is 0.952 bits per heavy atom. The third-order valence-corrected chi connectivity index (χ3v) is 3.31. The molecular formula is C13H16N4O3S. The molecular weight excluding hydrogens is 292 g/mol. The van der Waals surface area contributed by atoms with E-state index in [4.69, 9.17) is 19.9 Å². The van der Waals surface area contributed by atoms with Gasteiger partial charge in [0.15, 0.2) is 22.5 Å². The Kier molecular flexibility index (Phi) is 4.69. The van der Waals surface area contributed by atoms with Crippen LogP contribution in [0.3, 0.4) is 0 Å². The fourth-order valence-corrected chi connectivity index (χ4v) is 2.22. The number of nitrogen functional groups attached to an aromatic ring is 1. The quantitative estimate of drug-likeness (QED) is 0.837. The minimum atomic E-state index is 0.154. The van der Waals surface area contributed by atoms with Gasteiger partial charge in [0, 0.05) is 0 Å². The molecule has 0 saturated heterocycles. The summed E-state index contributed by atoms with van der Waals surface area (Å²) in [5.41, 5.74) is 6.37. The van der Waals surface area contributed by atoms with Crippen LogP contribution in [0.25, 0.3) is 11.4 Å². The van der Waals surface area contributed by atoms with Crippen molar-refractivity contribution in [1.82, 2.24) is 15.0 Å². The van der Waals surface area contributed by atoms with Crippen LogP contribution in [0.5, 0.6) is 17.2 Å². The molecule has 21 heavy (non-hydrogen) atoms. The highest BCUT2D eigenvalue weighted by Crippen LogP contribution is 2.43. The van der Waals surface area contributed by atoms with Gasteiger partial charge in [0.05, 0.1) is 26.9 Å². The second kappa shape index (κ2) is 6.49. The monoisotopic (exact) mass is 308 g/mol. The predicted octanol–water partition coefficient (Wildman–Crippen LogP) is 1.87. The topological polar surface area (TPSA) is 92.4 Å². The van der Waals surface area contributed by atoms with E-state index in [-0.39, 0.29) is 5.95 Å². The molecule has 0 saturated carbocycles. The fraction of sp³-hybridized carbons (Fsp3) is 0.308. The highest BCUT2D eigenvalue weighted by atomic mass is 32.2. The van der Waals surface area contributed by atoms with Gasteiger partial charge in [-0.1, -0.05) is 11.8 Å². The molecule has 1 heterocycles. The normalized spacial score (nSPS) is 10.3. The summed E-state index contributed by atoms with van der Waals surface area (Å²) >= 11 is 1.38. The summed E-state index contributed by atoms with van der Waals surface area (Å²) < 4.78 is 16.0. The van der Waals surface area contributed by atoms with E-state index in [2.05, 4.69) is 15.0 Å². The Morgan fingerprint density at radius 3 is 2.24 bits per heavy atom. The maximum absolute atomic E-state index is 5.72. The Bertz CT molecular complexity index is 652. The number of hydrogen-bond acceptors (Lipinski definition) is 8. The SMILES string of the molecule is COc1ccc(-c2nc(N)nc(SC)n2)c(OC)c1OC. The van der Waals surface area contributed by atoms with Crippen molar-refractivity contribution in [2.24, 2.45) is 0 Å². The van der Waals surface area contributed by atoms with E-state index >= 15 is 0 Å². The lowest BCUT2D eigenvalue weighted by atomic mass is 10.1. The van der Waals surface area contributed by atoms with Gasteiger partial charge >= 0.3 is 0 Å². The Balaban J connectivity index is 2.66. The van der Waals surface area contributed by atoms with Crippen LogP contribution in [0.2, 0.25) is 0 Å². The Morgan fingerprint density at radius 2 is 1.67 bits per heavy atom. The van der Waals surface area contributed by atoms with E-state index in [1.54, 1.807) is 33.5 Å². The smallest absolute Gasteiger partial charge is 0.224 e. The van der Waals surface area contributed by atoms with E-state index in [0.717, 1.165) is 0 Å². The second-order valence-corrected chi connectivity index (χ2v) is 4.66. The molecule has 0 amide bonds. The average Bonchev–Trinajstić information content (AvgIpc) is 2.52. The number of aromatic nitrogens is 3. The molecule has 0 aliphatic carbocycles. The van der Waals surface area contributed by atoms with Gasteiger partial charge in [-0.2, -0.15) is 9.97 Å². The summed E-state index contributed by atoms with van der Waals surface area (Å²) in [6.45, 7) is 0. The van der Waals surface area contributed by atoms with Gasteiger partial charge in [-0.05, 0) is 18.4 Å². The molecule has 8 heteroatoms. The molecule has 0 bridgehead atoms. The van der Waals surface area contributed by atoms with Crippen LogP contribution in [0.1, 0.15) is 0 Å². The van der Waals surface area contributed by atoms with Crippen molar-refractivity contribution in [2.75, 3.05) is 33.3 Å². The predicted molar refractivity (Wildman–Crippen MR) is 81.1 cm³/mol. The van der Waals surface area contributed by atoms with Crippen LogP contribution in [0.15, 0.2) is 17.3 Å². The number of nitrogens with zero attached hydrogens (tertiary/aromatic N) is 3. The van der Waals surface area contributed by atoms with Crippen molar-refractivity contribution in [2.45, 2.75) is 5.16 Å². The molecule has 0 aliphatic rings. The number of thioether (sulfide) groups is 1. The molecule has 0 atom stereocenters.